The first-order valence-corrected chi connectivity index (χ1v) is 32.5. The first-order valence-electron chi connectivity index (χ1n) is 27.0. The van der Waals surface area contributed by atoms with Crippen LogP contribution in [0.2, 0.25) is 0 Å². The maximum atomic E-state index is 13.1. The van der Waals surface area contributed by atoms with Crippen molar-refractivity contribution in [3.8, 4) is 0 Å². The first kappa shape index (κ1) is 65.0. The molecule has 80 heavy (non-hydrogen) atoms. The predicted molar refractivity (Wildman–Crippen MR) is 285 cm³/mol. The number of phosphoric ester groups is 3. The molecule has 28 nitrogen and oxygen atoms in total. The van der Waals surface area contributed by atoms with Crippen molar-refractivity contribution in [2.45, 2.75) is 161 Å². The number of fused-ring (bicyclic) bond motifs is 6. The molecule has 2 aromatic rings. The number of carbonyl (C=O) groups is 3. The summed E-state index contributed by atoms with van der Waals surface area (Å²) in [6.45, 7) is 8.57. The van der Waals surface area contributed by atoms with Gasteiger partial charge in [-0.25, -0.2) is 28.6 Å². The Bertz CT molecular complexity index is 2670. The second-order valence-corrected chi connectivity index (χ2v) is 29.0. The summed E-state index contributed by atoms with van der Waals surface area (Å²) in [4.78, 5) is 89.9. The number of nitrogen functional groups attached to an aromatic ring is 1. The number of aliphatic hydroxyl groups excluding tert-OH is 6. The Balaban J connectivity index is 0.780. The molecule has 32 heteroatoms. The number of imidazole rings is 1. The van der Waals surface area contributed by atoms with E-state index in [0.29, 0.717) is 32.1 Å². The lowest BCUT2D eigenvalue weighted by atomic mass is 9.43. The van der Waals surface area contributed by atoms with E-state index in [1.807, 2.05) is 0 Å². The maximum Gasteiger partial charge on any atom is 0.481 e. The van der Waals surface area contributed by atoms with Gasteiger partial charge in [-0.1, -0.05) is 53.3 Å². The fourth-order valence-corrected chi connectivity index (χ4v) is 17.2. The molecule has 4 aliphatic carbocycles. The smallest absolute Gasteiger partial charge is 0.393 e. The topological polar surface area (TPSA) is 445 Å². The molecule has 1 saturated heterocycles. The number of phosphoric acid groups is 3. The molecule has 14 N–H and O–H groups in total. The average Bonchev–Trinajstić information content (AvgIpc) is 4.19. The second-order valence-electron chi connectivity index (χ2n) is 23.7. The van der Waals surface area contributed by atoms with Crippen molar-refractivity contribution in [2.75, 3.05) is 37.8 Å². The van der Waals surface area contributed by atoms with E-state index in [4.69, 9.17) is 19.5 Å². The lowest BCUT2D eigenvalue weighted by Crippen LogP contribution is -2.62. The van der Waals surface area contributed by atoms with Gasteiger partial charge in [-0.05, 0) is 104 Å². The summed E-state index contributed by atoms with van der Waals surface area (Å²) in [5.74, 6) is -1.01. The standard InChI is InChI=1S/C48H80N7O21P3S/c1-24(28-8-9-29-36-30(19-34(59)48(28,29)6)47(5)13-11-27(56)17-26(47)18-32(36)58)7-10-31(57)25(2)45(64)80-16-15-50-35(60)12-14-51-43(63)40(62)46(3,4)21-73-79(70,71)76-78(68,69)72-20-33-39(75-77(65,66)67)38(61)44(74-33)55-23-54-37-41(49)52-22-53-42(37)55/h22-34,36,38-40,44,56-59,61-62H,7-21H2,1-6H3,(H,50,60)(H,51,63)(H,68,69)(H,70,71)(H2,49,52,53)(H2,65,66,67)/t24-,25?,26+,27-,28-,29+,30+,31?,32-,33-,34+,36+,38-,39-,40+,44-,47+,48-/m1/s1. The third-order valence-electron chi connectivity index (χ3n) is 18.1. The number of rotatable bonds is 25. The van der Waals surface area contributed by atoms with Crippen LogP contribution < -0.4 is 16.4 Å². The number of nitrogens with two attached hydrogens (primary N) is 1. The number of amides is 2. The van der Waals surface area contributed by atoms with Crippen LogP contribution in [0.5, 0.6) is 0 Å². The van der Waals surface area contributed by atoms with Crippen LogP contribution in [0.4, 0.5) is 5.82 Å². The molecule has 2 amide bonds. The molecule has 5 aliphatic rings. The molecular formula is C48H80N7O21P3S. The number of carbonyl (C=O) groups excluding carboxylic acids is 3. The van der Waals surface area contributed by atoms with Crippen molar-refractivity contribution in [3.63, 3.8) is 0 Å². The van der Waals surface area contributed by atoms with E-state index in [2.05, 4.69) is 55.2 Å². The molecule has 0 aromatic carbocycles. The van der Waals surface area contributed by atoms with E-state index < -0.39 is 109 Å². The van der Waals surface area contributed by atoms with Crippen LogP contribution in [0.15, 0.2) is 12.7 Å². The van der Waals surface area contributed by atoms with E-state index >= 15 is 0 Å². The molecule has 2 aromatic heterocycles. The largest absolute Gasteiger partial charge is 0.481 e. The molecule has 0 radical (unpaired) electrons. The minimum atomic E-state index is -5.62. The third-order valence-corrected chi connectivity index (χ3v) is 22.3. The quantitative estimate of drug-likeness (QED) is 0.0500. The third kappa shape index (κ3) is 14.5. The fraction of sp³-hybridized carbons (Fsp3) is 0.833. The second kappa shape index (κ2) is 25.5. The predicted octanol–water partition coefficient (Wildman–Crippen LogP) is 2.04. The Morgan fingerprint density at radius 1 is 0.925 bits per heavy atom. The van der Waals surface area contributed by atoms with Crippen LogP contribution in [0.3, 0.4) is 0 Å². The number of thioether (sulfide) groups is 1. The van der Waals surface area contributed by atoms with Gasteiger partial charge in [0.15, 0.2) is 22.8 Å². The Hall–Kier alpha value is -2.60. The summed E-state index contributed by atoms with van der Waals surface area (Å²) in [6.07, 6.45) is -2.81. The highest BCUT2D eigenvalue weighted by Gasteiger charge is 2.66. The molecule has 5 fully saturated rings. The number of anilines is 1. The number of ether oxygens (including phenoxy) is 1. The van der Waals surface area contributed by atoms with E-state index in [0.717, 1.165) is 54.7 Å². The molecular weight excluding hydrogens is 1140 g/mol. The lowest BCUT2D eigenvalue weighted by molar-refractivity contribution is -0.207. The van der Waals surface area contributed by atoms with E-state index in [1.165, 1.54) is 13.8 Å². The number of hydrogen-bond donors (Lipinski definition) is 13. The van der Waals surface area contributed by atoms with Crippen molar-refractivity contribution < 1.29 is 101 Å². The molecule has 7 rings (SSSR count). The summed E-state index contributed by atoms with van der Waals surface area (Å²) in [6, 6.07) is 0. The van der Waals surface area contributed by atoms with Crippen LogP contribution >= 0.6 is 35.2 Å². The van der Waals surface area contributed by atoms with Gasteiger partial charge < -0.3 is 71.3 Å². The van der Waals surface area contributed by atoms with Crippen LogP contribution in [0.25, 0.3) is 11.2 Å². The zero-order chi connectivity index (χ0) is 59.1. The highest BCUT2D eigenvalue weighted by molar-refractivity contribution is 8.13. The monoisotopic (exact) mass is 1220 g/mol. The first-order chi connectivity index (χ1) is 37.2. The van der Waals surface area contributed by atoms with Crippen LogP contribution in [0, 0.1) is 57.7 Å². The van der Waals surface area contributed by atoms with E-state index in [1.54, 1.807) is 6.92 Å². The minimum Gasteiger partial charge on any atom is -0.393 e. The number of nitrogens with one attached hydrogen (secondary N) is 2. The average molecular weight is 1220 g/mol. The van der Waals surface area contributed by atoms with Crippen molar-refractivity contribution in [1.82, 2.24) is 30.2 Å². The molecule has 1 aliphatic heterocycles. The zero-order valence-electron chi connectivity index (χ0n) is 45.6. The number of aliphatic hydroxyl groups is 6. The Morgan fingerprint density at radius 2 is 1.62 bits per heavy atom. The van der Waals surface area contributed by atoms with Gasteiger partial charge in [-0.15, -0.1) is 0 Å². The van der Waals surface area contributed by atoms with E-state index in [-0.39, 0.29) is 99.8 Å². The summed E-state index contributed by atoms with van der Waals surface area (Å²) in [5, 5.41) is 71.6. The van der Waals surface area contributed by atoms with Gasteiger partial charge in [0, 0.05) is 30.7 Å². The van der Waals surface area contributed by atoms with Gasteiger partial charge in [-0.2, -0.15) is 4.31 Å². The van der Waals surface area contributed by atoms with Gasteiger partial charge in [0.1, 0.15) is 36.3 Å². The maximum absolute atomic E-state index is 13.1. The molecule has 0 bridgehead atoms. The molecule has 20 atom stereocenters. The van der Waals surface area contributed by atoms with Gasteiger partial charge in [0.2, 0.25) is 11.8 Å². The van der Waals surface area contributed by atoms with Crippen LogP contribution in [-0.2, 0) is 50.7 Å². The summed E-state index contributed by atoms with van der Waals surface area (Å²) in [5.41, 5.74) is 3.82. The summed E-state index contributed by atoms with van der Waals surface area (Å²) < 4.78 is 62.8. The summed E-state index contributed by atoms with van der Waals surface area (Å²) in [7, 11) is -16.5. The molecule has 3 heterocycles. The highest BCUT2D eigenvalue weighted by atomic mass is 32.2. The summed E-state index contributed by atoms with van der Waals surface area (Å²) >= 11 is 0.968. The molecule has 0 spiro atoms. The van der Waals surface area contributed by atoms with E-state index in [9.17, 15) is 78.3 Å². The molecule has 4 saturated carbocycles. The Morgan fingerprint density at radius 3 is 2.33 bits per heavy atom. The van der Waals surface area contributed by atoms with Gasteiger partial charge in [0.05, 0.1) is 49.9 Å². The SMILES string of the molecule is CC(C(=O)SCCNC(=O)CCNC(=O)[C@H](O)C(C)(C)COP(=O)(O)OP(=O)(O)OC[C@H]1O[C@@H](n2cnc3c(N)ncnc32)[C@H](O)[C@@H]1OP(=O)(O)O)C(O)CC[C@@H](C)[C@H]1CC[C@H]2[C@@H]3[C@H](O)C[C@@H]4C[C@H](O)CC[C@]4(C)[C@H]3C[C@H](O)[C@]12C. The van der Waals surface area contributed by atoms with Crippen molar-refractivity contribution in [2.24, 2.45) is 57.7 Å². The van der Waals surface area contributed by atoms with Crippen molar-refractivity contribution in [3.05, 3.63) is 12.7 Å². The normalized spacial score (nSPS) is 34.7. The number of hydrogen-bond acceptors (Lipinski definition) is 22. The van der Waals surface area contributed by atoms with Gasteiger partial charge in [-0.3, -0.25) is 32.5 Å². The number of nitrogens with zero attached hydrogens (tertiary/aromatic N) is 4. The zero-order valence-corrected chi connectivity index (χ0v) is 49.1. The Kier molecular flexibility index (Phi) is 20.7. The molecule has 454 valence electrons. The number of aromatic nitrogens is 4. The van der Waals surface area contributed by atoms with Crippen LogP contribution in [0.1, 0.15) is 112 Å². The minimum absolute atomic E-state index is 0.0198. The van der Waals surface area contributed by atoms with Crippen molar-refractivity contribution >= 4 is 69.1 Å². The van der Waals surface area contributed by atoms with Crippen molar-refractivity contribution in [1.29, 1.82) is 0 Å². The van der Waals surface area contributed by atoms with Crippen LogP contribution in [-0.4, -0.2) is 168 Å². The fourth-order valence-electron chi connectivity index (χ4n) is 13.6. The van der Waals surface area contributed by atoms with Gasteiger partial charge in [0.25, 0.3) is 0 Å². The highest BCUT2D eigenvalue weighted by Crippen LogP contribution is 2.69. The Labute approximate surface area is 467 Å². The molecule has 4 unspecified atom stereocenters. The lowest BCUT2D eigenvalue weighted by Gasteiger charge is -2.63. The van der Waals surface area contributed by atoms with Gasteiger partial charge >= 0.3 is 23.5 Å².